The molecule has 1 aliphatic heterocycles. The molecule has 1 N–H and O–H groups in total. The van der Waals surface area contributed by atoms with Gasteiger partial charge in [-0.15, -0.1) is 0 Å². The molecule has 34 heavy (non-hydrogen) atoms. The third-order valence-electron chi connectivity index (χ3n) is 5.97. The van der Waals surface area contributed by atoms with E-state index >= 15 is 0 Å². The van der Waals surface area contributed by atoms with E-state index in [9.17, 15) is 14.4 Å². The summed E-state index contributed by atoms with van der Waals surface area (Å²) in [5.41, 5.74) is -0.635. The van der Waals surface area contributed by atoms with Gasteiger partial charge < -0.3 is 24.6 Å². The fourth-order valence-corrected chi connectivity index (χ4v) is 4.74. The Balaban J connectivity index is 1.83. The number of thioether (sulfide) groups is 1. The van der Waals surface area contributed by atoms with E-state index in [1.54, 1.807) is 11.0 Å². The molecule has 0 aromatic carbocycles. The number of methoxy groups -OCH3 is 1. The second-order valence-corrected chi connectivity index (χ2v) is 10.7. The summed E-state index contributed by atoms with van der Waals surface area (Å²) >= 11 is 7.48. The van der Waals surface area contributed by atoms with E-state index in [2.05, 4.69) is 15.3 Å². The third-order valence-corrected chi connectivity index (χ3v) is 6.71. The second-order valence-electron chi connectivity index (χ2n) is 9.50. The molecule has 1 saturated heterocycles. The Hall–Kier alpha value is -2.27. The molecule has 0 radical (unpaired) electrons. The van der Waals surface area contributed by atoms with Crippen molar-refractivity contribution in [2.45, 2.75) is 69.8 Å². The van der Waals surface area contributed by atoms with E-state index in [-0.39, 0.29) is 24.5 Å². The first kappa shape index (κ1) is 26.3. The molecule has 0 bridgehead atoms. The smallest absolute Gasteiger partial charge is 0.408 e. The molecule has 2 amide bonds. The van der Waals surface area contributed by atoms with Crippen molar-refractivity contribution in [3.05, 3.63) is 11.2 Å². The average Bonchev–Trinajstić information content (AvgIpc) is 3.45. The molecule has 12 heteroatoms. The van der Waals surface area contributed by atoms with Crippen LogP contribution in [-0.2, 0) is 19.1 Å². The SMILES string of the molecule is COC(=O)[C@@H]1CN(c2cc(Cl)nc(SC)n2)CN1C(=O)[C@@H](NC(=O)OC1CCCC1)C(C)(C)C. The Morgan fingerprint density at radius 3 is 2.50 bits per heavy atom. The Kier molecular flexibility index (Phi) is 8.51. The van der Waals surface area contributed by atoms with Crippen LogP contribution in [-0.4, -0.2) is 77.6 Å². The van der Waals surface area contributed by atoms with Crippen molar-refractivity contribution in [1.82, 2.24) is 20.2 Å². The largest absolute Gasteiger partial charge is 0.467 e. The quantitative estimate of drug-likeness (QED) is 0.265. The van der Waals surface area contributed by atoms with Gasteiger partial charge in [0.25, 0.3) is 0 Å². The van der Waals surface area contributed by atoms with Gasteiger partial charge in [0.2, 0.25) is 5.91 Å². The van der Waals surface area contributed by atoms with Crippen molar-refractivity contribution < 1.29 is 23.9 Å². The highest BCUT2D eigenvalue weighted by atomic mass is 35.5. The standard InChI is InChI=1S/C22H32ClN5O5S/c1-22(2,3)17(26-21(31)33-13-8-6-7-9-13)18(29)28-12-27(11-14(28)19(30)32-4)16-10-15(23)24-20(25-16)34-5/h10,13-14,17H,6-9,11-12H2,1-5H3,(H,26,31)/t14-,17+/m0/s1. The van der Waals surface area contributed by atoms with Crippen LogP contribution in [0.15, 0.2) is 11.2 Å². The molecule has 1 aromatic rings. The normalized spacial score (nSPS) is 19.8. The van der Waals surface area contributed by atoms with Crippen molar-refractivity contribution in [2.24, 2.45) is 5.41 Å². The van der Waals surface area contributed by atoms with Crippen molar-refractivity contribution >= 4 is 47.2 Å². The van der Waals surface area contributed by atoms with Gasteiger partial charge >= 0.3 is 12.1 Å². The van der Waals surface area contributed by atoms with Gasteiger partial charge in [0.1, 0.15) is 29.2 Å². The van der Waals surface area contributed by atoms with E-state index in [0.29, 0.717) is 11.0 Å². The molecule has 0 unspecified atom stereocenters. The highest BCUT2D eigenvalue weighted by Crippen LogP contribution is 2.29. The molecule has 188 valence electrons. The number of carbonyl (C=O) groups excluding carboxylic acids is 3. The molecule has 3 rings (SSSR count). The van der Waals surface area contributed by atoms with Crippen molar-refractivity contribution in [1.29, 1.82) is 0 Å². The lowest BCUT2D eigenvalue weighted by atomic mass is 9.85. The van der Waals surface area contributed by atoms with Gasteiger partial charge in [-0.3, -0.25) is 4.79 Å². The minimum atomic E-state index is -0.913. The van der Waals surface area contributed by atoms with Crippen LogP contribution in [0.1, 0.15) is 46.5 Å². The summed E-state index contributed by atoms with van der Waals surface area (Å²) in [6, 6.07) is -0.201. The zero-order valence-corrected chi connectivity index (χ0v) is 21.7. The number of aromatic nitrogens is 2. The van der Waals surface area contributed by atoms with Crippen LogP contribution in [0.2, 0.25) is 5.15 Å². The summed E-state index contributed by atoms with van der Waals surface area (Å²) in [6.45, 7) is 5.79. The number of rotatable bonds is 6. The Labute approximate surface area is 209 Å². The monoisotopic (exact) mass is 513 g/mol. The molecule has 1 aromatic heterocycles. The van der Waals surface area contributed by atoms with Crippen LogP contribution in [0.25, 0.3) is 0 Å². The summed E-state index contributed by atoms with van der Waals surface area (Å²) in [7, 11) is 1.28. The van der Waals surface area contributed by atoms with Crippen LogP contribution in [0.5, 0.6) is 0 Å². The topological polar surface area (TPSA) is 114 Å². The molecular formula is C22H32ClN5O5S. The number of anilines is 1. The molecule has 1 aliphatic carbocycles. The summed E-state index contributed by atoms with van der Waals surface area (Å²) in [5, 5.41) is 3.49. The Morgan fingerprint density at radius 1 is 1.24 bits per heavy atom. The van der Waals surface area contributed by atoms with Crippen LogP contribution >= 0.6 is 23.4 Å². The number of amides is 2. The number of hydrogen-bond acceptors (Lipinski definition) is 9. The molecule has 1 saturated carbocycles. The molecular weight excluding hydrogens is 482 g/mol. The molecule has 2 heterocycles. The van der Waals surface area contributed by atoms with Gasteiger partial charge in [-0.05, 0) is 37.4 Å². The zero-order valence-electron chi connectivity index (χ0n) is 20.2. The van der Waals surface area contributed by atoms with Crippen LogP contribution in [0, 0.1) is 5.41 Å². The highest BCUT2D eigenvalue weighted by Gasteiger charge is 2.45. The molecule has 10 nitrogen and oxygen atoms in total. The van der Waals surface area contributed by atoms with E-state index in [1.165, 1.54) is 23.8 Å². The average molecular weight is 514 g/mol. The number of nitrogens with zero attached hydrogens (tertiary/aromatic N) is 4. The minimum Gasteiger partial charge on any atom is -0.467 e. The van der Waals surface area contributed by atoms with Crippen molar-refractivity contribution in [3.8, 4) is 0 Å². The maximum Gasteiger partial charge on any atom is 0.408 e. The summed E-state index contributed by atoms with van der Waals surface area (Å²) in [6.07, 6.45) is 4.77. The van der Waals surface area contributed by atoms with Gasteiger partial charge in [0.05, 0.1) is 20.3 Å². The first-order chi connectivity index (χ1) is 16.0. The number of alkyl carbamates (subject to hydrolysis) is 1. The lowest BCUT2D eigenvalue weighted by Crippen LogP contribution is -2.57. The number of nitrogens with one attached hydrogen (secondary N) is 1. The number of hydrogen-bond donors (Lipinski definition) is 1. The van der Waals surface area contributed by atoms with Gasteiger partial charge in [0, 0.05) is 6.07 Å². The van der Waals surface area contributed by atoms with E-state index in [0.717, 1.165) is 25.7 Å². The zero-order chi connectivity index (χ0) is 25.0. The van der Waals surface area contributed by atoms with E-state index in [1.807, 2.05) is 27.0 Å². The van der Waals surface area contributed by atoms with Crippen LogP contribution < -0.4 is 10.2 Å². The Bertz CT molecular complexity index is 921. The third kappa shape index (κ3) is 6.24. The highest BCUT2D eigenvalue weighted by molar-refractivity contribution is 7.98. The summed E-state index contributed by atoms with van der Waals surface area (Å²) in [5.74, 6) is -0.462. The summed E-state index contributed by atoms with van der Waals surface area (Å²) in [4.78, 5) is 50.7. The van der Waals surface area contributed by atoms with Crippen LogP contribution in [0.4, 0.5) is 10.6 Å². The fraction of sp³-hybridized carbons (Fsp3) is 0.682. The van der Waals surface area contributed by atoms with E-state index in [4.69, 9.17) is 21.1 Å². The molecule has 2 atom stereocenters. The molecule has 2 fully saturated rings. The first-order valence-corrected chi connectivity index (χ1v) is 12.8. The number of esters is 1. The maximum atomic E-state index is 13.7. The summed E-state index contributed by atoms with van der Waals surface area (Å²) < 4.78 is 10.5. The predicted molar refractivity (Wildman–Crippen MR) is 129 cm³/mol. The predicted octanol–water partition coefficient (Wildman–Crippen LogP) is 3.08. The molecule has 0 spiro atoms. The van der Waals surface area contributed by atoms with Gasteiger partial charge in [-0.1, -0.05) is 44.1 Å². The first-order valence-electron chi connectivity index (χ1n) is 11.2. The van der Waals surface area contributed by atoms with Crippen LogP contribution in [0.3, 0.4) is 0 Å². The Morgan fingerprint density at radius 2 is 1.91 bits per heavy atom. The lowest BCUT2D eigenvalue weighted by Gasteiger charge is -2.34. The fourth-order valence-electron chi connectivity index (χ4n) is 4.14. The van der Waals surface area contributed by atoms with E-state index < -0.39 is 35.5 Å². The van der Waals surface area contributed by atoms with Gasteiger partial charge in [0.15, 0.2) is 5.16 Å². The van der Waals surface area contributed by atoms with Crippen molar-refractivity contribution in [3.63, 3.8) is 0 Å². The maximum absolute atomic E-state index is 13.7. The minimum absolute atomic E-state index is 0.0751. The van der Waals surface area contributed by atoms with Gasteiger partial charge in [-0.2, -0.15) is 0 Å². The number of halogens is 1. The number of carbonyl (C=O) groups is 3. The van der Waals surface area contributed by atoms with Gasteiger partial charge in [-0.25, -0.2) is 19.6 Å². The number of ether oxygens (including phenoxy) is 2. The lowest BCUT2D eigenvalue weighted by molar-refractivity contribution is -0.152. The molecule has 2 aliphatic rings. The second kappa shape index (κ2) is 11.0. The van der Waals surface area contributed by atoms with Crippen molar-refractivity contribution in [2.75, 3.05) is 31.5 Å².